The summed E-state index contributed by atoms with van der Waals surface area (Å²) in [6.45, 7) is 4.48. The van der Waals surface area contributed by atoms with Crippen LogP contribution in [0.1, 0.15) is 46.5 Å². The Morgan fingerprint density at radius 2 is 1.85 bits per heavy atom. The maximum absolute atomic E-state index is 16.9. The van der Waals surface area contributed by atoms with Crippen molar-refractivity contribution < 1.29 is 42.3 Å². The zero-order valence-corrected chi connectivity index (χ0v) is 20.1. The topological polar surface area (TPSA) is 149 Å². The molecule has 4 aliphatic rings. The Morgan fingerprint density at radius 3 is 2.39 bits per heavy atom. The molecule has 4 aliphatic carbocycles. The van der Waals surface area contributed by atoms with Crippen molar-refractivity contribution >= 4 is 21.7 Å². The summed E-state index contributed by atoms with van der Waals surface area (Å²) in [5.41, 5.74) is -5.17. The van der Waals surface area contributed by atoms with Gasteiger partial charge in [0.2, 0.25) is 0 Å². The molecule has 0 amide bonds. The minimum Gasteiger partial charge on any atom is -0.390 e. The summed E-state index contributed by atoms with van der Waals surface area (Å²) in [5.74, 6) is -2.12. The molecule has 0 spiro atoms. The number of ketones is 2. The fourth-order valence-corrected chi connectivity index (χ4v) is 7.26. The molecule has 0 radical (unpaired) electrons. The van der Waals surface area contributed by atoms with E-state index in [0.29, 0.717) is 31.1 Å². The maximum Gasteiger partial charge on any atom is 0.261 e. The summed E-state index contributed by atoms with van der Waals surface area (Å²) in [7, 11) is -3.67. The molecule has 0 aliphatic heterocycles. The SMILES string of the molecule is CS(=O)(=O)O.C[C@@H]1C[C@H]2[C@@H]3CCC4=CC(=O)C=C[C@]4(C)[C@@]3(F)[C@@H](O)C[C@]2(C)[C@@]1(O)C(=O)CO. The van der Waals surface area contributed by atoms with Gasteiger partial charge in [0.1, 0.15) is 12.2 Å². The Morgan fingerprint density at radius 1 is 1.27 bits per heavy atom. The molecule has 4 N–H and O–H groups in total. The highest BCUT2D eigenvalue weighted by Gasteiger charge is 2.75. The van der Waals surface area contributed by atoms with Gasteiger partial charge in [-0.25, -0.2) is 4.39 Å². The summed E-state index contributed by atoms with van der Waals surface area (Å²) in [5, 5.41) is 32.0. The zero-order chi connectivity index (χ0) is 25.2. The number of Topliss-reactive ketones (excluding diaryl/α,β-unsaturated/α-hetero) is 1. The molecule has 0 bridgehead atoms. The van der Waals surface area contributed by atoms with Crippen LogP contribution < -0.4 is 0 Å². The van der Waals surface area contributed by atoms with E-state index in [1.165, 1.54) is 12.2 Å². The van der Waals surface area contributed by atoms with Crippen LogP contribution in [0.4, 0.5) is 4.39 Å². The van der Waals surface area contributed by atoms with Crippen LogP contribution in [0.15, 0.2) is 23.8 Å². The number of hydrogen-bond acceptors (Lipinski definition) is 7. The van der Waals surface area contributed by atoms with Crippen molar-refractivity contribution in [2.75, 3.05) is 12.9 Å². The molecule has 8 atom stereocenters. The van der Waals surface area contributed by atoms with Gasteiger partial charge in [-0.2, -0.15) is 8.42 Å². The van der Waals surface area contributed by atoms with E-state index in [1.54, 1.807) is 26.8 Å². The van der Waals surface area contributed by atoms with E-state index in [9.17, 15) is 33.3 Å². The molecule has 0 heterocycles. The third kappa shape index (κ3) is 3.65. The van der Waals surface area contributed by atoms with Gasteiger partial charge in [-0.3, -0.25) is 14.1 Å². The number of alkyl halides is 1. The Bertz CT molecular complexity index is 1010. The lowest BCUT2D eigenvalue weighted by Crippen LogP contribution is -2.69. The van der Waals surface area contributed by atoms with Gasteiger partial charge < -0.3 is 15.3 Å². The molecular formula is C23H33FO8S. The van der Waals surface area contributed by atoms with E-state index < -0.39 is 62.5 Å². The number of aliphatic hydroxyl groups is 3. The first kappa shape index (κ1) is 26.2. The molecule has 186 valence electrons. The fraction of sp³-hybridized carbons (Fsp3) is 0.739. The van der Waals surface area contributed by atoms with Gasteiger partial charge in [-0.05, 0) is 56.6 Å². The quantitative estimate of drug-likeness (QED) is 0.426. The Labute approximate surface area is 193 Å². The van der Waals surface area contributed by atoms with Gasteiger partial charge in [-0.1, -0.05) is 25.5 Å². The number of hydrogen-bond donors (Lipinski definition) is 4. The number of rotatable bonds is 2. The molecule has 0 aromatic rings. The van der Waals surface area contributed by atoms with Crippen molar-refractivity contribution in [2.24, 2.45) is 28.6 Å². The van der Waals surface area contributed by atoms with Crippen LogP contribution in [0, 0.1) is 28.6 Å². The summed E-state index contributed by atoms with van der Waals surface area (Å²) >= 11 is 0. The molecule has 3 fully saturated rings. The van der Waals surface area contributed by atoms with E-state index in [-0.39, 0.29) is 18.1 Å². The monoisotopic (exact) mass is 488 g/mol. The molecule has 10 heteroatoms. The summed E-state index contributed by atoms with van der Waals surface area (Å²) in [6.07, 6.45) is 5.15. The first-order valence-corrected chi connectivity index (χ1v) is 12.9. The molecule has 0 unspecified atom stereocenters. The highest BCUT2D eigenvalue weighted by atomic mass is 32.2. The minimum atomic E-state index is -3.67. The predicted molar refractivity (Wildman–Crippen MR) is 117 cm³/mol. The van der Waals surface area contributed by atoms with E-state index >= 15 is 4.39 Å². The average molecular weight is 489 g/mol. The fourth-order valence-electron chi connectivity index (χ4n) is 7.26. The number of halogens is 1. The van der Waals surface area contributed by atoms with Crippen LogP contribution >= 0.6 is 0 Å². The normalized spacial score (nSPS) is 46.3. The summed E-state index contributed by atoms with van der Waals surface area (Å²) in [4.78, 5) is 24.4. The number of carbonyl (C=O) groups excluding carboxylic acids is 2. The first-order valence-electron chi connectivity index (χ1n) is 11.1. The summed E-state index contributed by atoms with van der Waals surface area (Å²) < 4.78 is 42.7. The van der Waals surface area contributed by atoms with Gasteiger partial charge in [0.25, 0.3) is 10.1 Å². The van der Waals surface area contributed by atoms with Crippen molar-refractivity contribution in [1.82, 2.24) is 0 Å². The van der Waals surface area contributed by atoms with Crippen LogP contribution in [0.25, 0.3) is 0 Å². The second-order valence-corrected chi connectivity index (χ2v) is 11.9. The third-order valence-electron chi connectivity index (χ3n) is 8.79. The highest BCUT2D eigenvalue weighted by Crippen LogP contribution is 2.70. The molecular weight excluding hydrogens is 455 g/mol. The Kier molecular flexibility index (Phi) is 6.38. The zero-order valence-electron chi connectivity index (χ0n) is 19.3. The maximum atomic E-state index is 16.9. The summed E-state index contributed by atoms with van der Waals surface area (Å²) in [6, 6.07) is 0. The van der Waals surface area contributed by atoms with Crippen molar-refractivity contribution in [1.29, 1.82) is 0 Å². The standard InChI is InChI=1S/C22H29FO5.CH4O3S/c1-12-8-16-15-5-4-13-9-14(25)6-7-19(13,2)21(15,23)17(26)10-20(16,3)22(12,28)18(27)11-24;1-5(2,3)4/h6-7,9,12,15-17,24,26,28H,4-5,8,10-11H2,1-3H3;1H3,(H,2,3,4)/t12-,15+,16+,17+,19+,20+,21+,22+;/m1./s1. The van der Waals surface area contributed by atoms with Crippen molar-refractivity contribution in [2.45, 2.75) is 63.8 Å². The lowest BCUT2D eigenvalue weighted by Gasteiger charge is -2.62. The Balaban J connectivity index is 0.000000555. The number of fused-ring (bicyclic) bond motifs is 5. The molecule has 33 heavy (non-hydrogen) atoms. The van der Waals surface area contributed by atoms with Gasteiger partial charge in [0.15, 0.2) is 17.2 Å². The predicted octanol–water partition coefficient (Wildman–Crippen LogP) is 1.40. The van der Waals surface area contributed by atoms with Gasteiger partial charge in [0, 0.05) is 16.7 Å². The molecule has 8 nitrogen and oxygen atoms in total. The second-order valence-electron chi connectivity index (χ2n) is 10.5. The van der Waals surface area contributed by atoms with E-state index in [4.69, 9.17) is 4.55 Å². The molecule has 3 saturated carbocycles. The highest BCUT2D eigenvalue weighted by molar-refractivity contribution is 7.85. The number of allylic oxidation sites excluding steroid dienone is 4. The van der Waals surface area contributed by atoms with Crippen LogP contribution in [-0.2, 0) is 19.7 Å². The van der Waals surface area contributed by atoms with Crippen molar-refractivity contribution in [3.05, 3.63) is 23.8 Å². The van der Waals surface area contributed by atoms with Crippen molar-refractivity contribution in [3.63, 3.8) is 0 Å². The lowest BCUT2D eigenvalue weighted by atomic mass is 9.44. The second kappa shape index (κ2) is 8.05. The molecule has 0 aromatic heterocycles. The Hall–Kier alpha value is -1.46. The van der Waals surface area contributed by atoms with Gasteiger partial charge in [0.05, 0.1) is 12.4 Å². The van der Waals surface area contributed by atoms with Gasteiger partial charge in [-0.15, -0.1) is 0 Å². The van der Waals surface area contributed by atoms with E-state index in [0.717, 1.165) is 0 Å². The first-order chi connectivity index (χ1) is 15.0. The van der Waals surface area contributed by atoms with Gasteiger partial charge >= 0.3 is 0 Å². The molecule has 0 saturated heterocycles. The van der Waals surface area contributed by atoms with Crippen molar-refractivity contribution in [3.8, 4) is 0 Å². The van der Waals surface area contributed by atoms with Crippen LogP contribution in [0.3, 0.4) is 0 Å². The minimum absolute atomic E-state index is 0.0676. The van der Waals surface area contributed by atoms with Crippen LogP contribution in [0.5, 0.6) is 0 Å². The number of aliphatic hydroxyl groups excluding tert-OH is 2. The third-order valence-corrected chi connectivity index (χ3v) is 8.79. The van der Waals surface area contributed by atoms with Crippen LogP contribution in [0.2, 0.25) is 0 Å². The average Bonchev–Trinajstić information content (AvgIpc) is 2.89. The largest absolute Gasteiger partial charge is 0.390 e. The van der Waals surface area contributed by atoms with E-state index in [1.807, 2.05) is 0 Å². The van der Waals surface area contributed by atoms with E-state index in [2.05, 4.69) is 0 Å². The molecule has 0 aromatic carbocycles. The van der Waals surface area contributed by atoms with Crippen LogP contribution in [-0.4, -0.2) is 70.1 Å². The lowest BCUT2D eigenvalue weighted by molar-refractivity contribution is -0.219. The number of carbonyl (C=O) groups is 2. The smallest absolute Gasteiger partial charge is 0.261 e. The molecule has 4 rings (SSSR count).